The van der Waals surface area contributed by atoms with Crippen LogP contribution in [-0.4, -0.2) is 35.9 Å². The highest BCUT2D eigenvalue weighted by atomic mass is 16.5. The van der Waals surface area contributed by atoms with Crippen molar-refractivity contribution >= 4 is 0 Å². The average molecular weight is 355 g/mol. The molecule has 1 aliphatic rings. The molecule has 0 aliphatic carbocycles. The number of fused-ring (bicyclic) bond motifs is 1. The van der Waals surface area contributed by atoms with Crippen LogP contribution in [0, 0.1) is 0 Å². The standard InChI is InChI=1S/C22H29NO3/c1-2-3-7-21-17-23(16-19-6-4-5-8-22(19)26-21)15-18-9-11-20(12-10-18)25-14-13-24/h4-6,8-12,21,24H,2-3,7,13-17H2,1H3/t21-/m0/s1. The Labute approximate surface area is 156 Å². The Morgan fingerprint density at radius 1 is 1.15 bits per heavy atom. The van der Waals surface area contributed by atoms with Crippen LogP contribution in [0.3, 0.4) is 0 Å². The van der Waals surface area contributed by atoms with Crippen LogP contribution in [0.4, 0.5) is 0 Å². The monoisotopic (exact) mass is 355 g/mol. The zero-order chi connectivity index (χ0) is 18.2. The first kappa shape index (κ1) is 18.7. The molecule has 0 radical (unpaired) electrons. The molecule has 1 aliphatic heterocycles. The fraction of sp³-hybridized carbons (Fsp3) is 0.455. The second-order valence-electron chi connectivity index (χ2n) is 6.88. The molecule has 0 unspecified atom stereocenters. The summed E-state index contributed by atoms with van der Waals surface area (Å²) in [5.41, 5.74) is 2.52. The smallest absolute Gasteiger partial charge is 0.124 e. The molecule has 26 heavy (non-hydrogen) atoms. The SMILES string of the molecule is CCCC[C@H]1CN(Cc2ccc(OCCO)cc2)Cc2ccccc2O1. The Morgan fingerprint density at radius 3 is 2.73 bits per heavy atom. The van der Waals surface area contributed by atoms with Crippen LogP contribution in [0.2, 0.25) is 0 Å². The van der Waals surface area contributed by atoms with Crippen molar-refractivity contribution in [2.24, 2.45) is 0 Å². The topological polar surface area (TPSA) is 41.9 Å². The summed E-state index contributed by atoms with van der Waals surface area (Å²) in [5, 5.41) is 8.85. The maximum atomic E-state index is 8.85. The lowest BCUT2D eigenvalue weighted by Gasteiger charge is -2.24. The predicted molar refractivity (Wildman–Crippen MR) is 104 cm³/mol. The van der Waals surface area contributed by atoms with E-state index in [0.717, 1.165) is 37.6 Å². The summed E-state index contributed by atoms with van der Waals surface area (Å²) in [7, 11) is 0. The van der Waals surface area contributed by atoms with E-state index in [1.54, 1.807) is 0 Å². The lowest BCUT2D eigenvalue weighted by Crippen LogP contribution is -2.32. The van der Waals surface area contributed by atoms with Gasteiger partial charge in [-0.2, -0.15) is 0 Å². The van der Waals surface area contributed by atoms with Gasteiger partial charge in [-0.25, -0.2) is 0 Å². The minimum absolute atomic E-state index is 0.0358. The Balaban J connectivity index is 1.69. The van der Waals surface area contributed by atoms with E-state index < -0.39 is 0 Å². The molecule has 4 heteroatoms. The molecule has 0 bridgehead atoms. The highest BCUT2D eigenvalue weighted by Crippen LogP contribution is 2.27. The summed E-state index contributed by atoms with van der Waals surface area (Å²) >= 11 is 0. The molecule has 0 saturated carbocycles. The first-order valence-electron chi connectivity index (χ1n) is 9.58. The molecule has 0 fully saturated rings. The van der Waals surface area contributed by atoms with Gasteiger partial charge in [0.1, 0.15) is 24.2 Å². The third-order valence-corrected chi connectivity index (χ3v) is 4.69. The van der Waals surface area contributed by atoms with E-state index in [1.165, 1.54) is 24.0 Å². The summed E-state index contributed by atoms with van der Waals surface area (Å²) in [6.07, 6.45) is 3.72. The van der Waals surface area contributed by atoms with Crippen LogP contribution in [0.15, 0.2) is 48.5 Å². The minimum Gasteiger partial charge on any atom is -0.491 e. The number of aliphatic hydroxyl groups excluding tert-OH is 1. The number of unbranched alkanes of at least 4 members (excludes halogenated alkanes) is 1. The third kappa shape index (κ3) is 5.23. The normalized spacial score (nSPS) is 17.2. The van der Waals surface area contributed by atoms with Crippen LogP contribution in [0.25, 0.3) is 0 Å². The Morgan fingerprint density at radius 2 is 1.96 bits per heavy atom. The van der Waals surface area contributed by atoms with E-state index in [0.29, 0.717) is 6.61 Å². The van der Waals surface area contributed by atoms with Gasteiger partial charge in [-0.1, -0.05) is 43.7 Å². The van der Waals surface area contributed by atoms with E-state index in [4.69, 9.17) is 14.6 Å². The van der Waals surface area contributed by atoms with E-state index in [1.807, 2.05) is 12.1 Å². The van der Waals surface area contributed by atoms with Gasteiger partial charge in [-0.15, -0.1) is 0 Å². The van der Waals surface area contributed by atoms with E-state index >= 15 is 0 Å². The number of rotatable bonds is 8. The second kappa shape index (κ2) is 9.60. The number of aliphatic hydroxyl groups is 1. The zero-order valence-corrected chi connectivity index (χ0v) is 15.6. The summed E-state index contributed by atoms with van der Waals surface area (Å²) in [6.45, 7) is 5.33. The third-order valence-electron chi connectivity index (χ3n) is 4.69. The molecule has 0 saturated heterocycles. The number of benzene rings is 2. The molecule has 2 aromatic rings. The van der Waals surface area contributed by atoms with Crippen LogP contribution in [-0.2, 0) is 13.1 Å². The summed E-state index contributed by atoms with van der Waals surface area (Å²) in [5.74, 6) is 1.83. The molecular formula is C22H29NO3. The molecule has 3 rings (SSSR count). The zero-order valence-electron chi connectivity index (χ0n) is 15.6. The molecule has 0 amide bonds. The average Bonchev–Trinajstić information content (AvgIpc) is 2.84. The Hall–Kier alpha value is -2.04. The lowest BCUT2D eigenvalue weighted by molar-refractivity contribution is 0.133. The van der Waals surface area contributed by atoms with E-state index in [2.05, 4.69) is 48.2 Å². The van der Waals surface area contributed by atoms with E-state index in [9.17, 15) is 0 Å². The van der Waals surface area contributed by atoms with Crippen molar-refractivity contribution in [3.05, 3.63) is 59.7 Å². The van der Waals surface area contributed by atoms with Crippen LogP contribution >= 0.6 is 0 Å². The number of para-hydroxylation sites is 1. The quantitative estimate of drug-likeness (QED) is 0.777. The maximum absolute atomic E-state index is 8.85. The molecule has 1 atom stereocenters. The van der Waals surface area contributed by atoms with Gasteiger partial charge in [0.15, 0.2) is 0 Å². The number of hydrogen-bond donors (Lipinski definition) is 1. The Kier molecular flexibility index (Phi) is 6.92. The molecule has 1 N–H and O–H groups in total. The van der Waals surface area contributed by atoms with Crippen molar-refractivity contribution in [2.45, 2.75) is 45.4 Å². The maximum Gasteiger partial charge on any atom is 0.124 e. The number of nitrogens with zero attached hydrogens (tertiary/aromatic N) is 1. The molecule has 0 aromatic heterocycles. The first-order chi connectivity index (χ1) is 12.8. The van der Waals surface area contributed by atoms with Gasteiger partial charge < -0.3 is 14.6 Å². The Bertz CT molecular complexity index is 671. The molecule has 140 valence electrons. The highest BCUT2D eigenvalue weighted by molar-refractivity contribution is 5.34. The van der Waals surface area contributed by atoms with Crippen molar-refractivity contribution in [1.82, 2.24) is 4.90 Å². The van der Waals surface area contributed by atoms with Crippen molar-refractivity contribution in [3.63, 3.8) is 0 Å². The van der Waals surface area contributed by atoms with Gasteiger partial charge in [0.2, 0.25) is 0 Å². The molecule has 2 aromatic carbocycles. The van der Waals surface area contributed by atoms with Gasteiger partial charge in [0.05, 0.1) is 6.61 Å². The number of ether oxygens (including phenoxy) is 2. The van der Waals surface area contributed by atoms with Gasteiger partial charge in [-0.05, 0) is 36.6 Å². The summed E-state index contributed by atoms with van der Waals surface area (Å²) < 4.78 is 11.7. The van der Waals surface area contributed by atoms with Crippen LogP contribution < -0.4 is 9.47 Å². The van der Waals surface area contributed by atoms with Gasteiger partial charge in [-0.3, -0.25) is 4.90 Å². The van der Waals surface area contributed by atoms with Gasteiger partial charge >= 0.3 is 0 Å². The number of hydrogen-bond acceptors (Lipinski definition) is 4. The summed E-state index contributed by atoms with van der Waals surface area (Å²) in [6, 6.07) is 16.5. The molecule has 1 heterocycles. The van der Waals surface area contributed by atoms with E-state index in [-0.39, 0.29) is 12.7 Å². The minimum atomic E-state index is 0.0358. The van der Waals surface area contributed by atoms with Gasteiger partial charge in [0, 0.05) is 25.2 Å². The van der Waals surface area contributed by atoms with Gasteiger partial charge in [0.25, 0.3) is 0 Å². The fourth-order valence-corrected chi connectivity index (χ4v) is 3.37. The predicted octanol–water partition coefficient (Wildman–Crippen LogP) is 4.01. The largest absolute Gasteiger partial charge is 0.491 e. The molecule has 4 nitrogen and oxygen atoms in total. The van der Waals surface area contributed by atoms with Crippen LogP contribution in [0.1, 0.15) is 37.3 Å². The summed E-state index contributed by atoms with van der Waals surface area (Å²) in [4.78, 5) is 2.47. The van der Waals surface area contributed by atoms with Crippen molar-refractivity contribution < 1.29 is 14.6 Å². The second-order valence-corrected chi connectivity index (χ2v) is 6.88. The van der Waals surface area contributed by atoms with Crippen molar-refractivity contribution in [3.8, 4) is 11.5 Å². The fourth-order valence-electron chi connectivity index (χ4n) is 3.37. The van der Waals surface area contributed by atoms with Crippen molar-refractivity contribution in [1.29, 1.82) is 0 Å². The first-order valence-corrected chi connectivity index (χ1v) is 9.58. The van der Waals surface area contributed by atoms with Crippen molar-refractivity contribution in [2.75, 3.05) is 19.8 Å². The molecule has 0 spiro atoms. The lowest BCUT2D eigenvalue weighted by atomic mass is 10.1. The molecular weight excluding hydrogens is 326 g/mol. The highest BCUT2D eigenvalue weighted by Gasteiger charge is 2.22. The van der Waals surface area contributed by atoms with Crippen LogP contribution in [0.5, 0.6) is 11.5 Å².